The molecule has 3 nitrogen and oxygen atoms in total. The van der Waals surface area contributed by atoms with Crippen molar-refractivity contribution in [3.8, 4) is 0 Å². The quantitative estimate of drug-likeness (QED) is 0.903. The fraction of sp³-hybridized carbons (Fsp3) is 0.308. The third kappa shape index (κ3) is 1.99. The van der Waals surface area contributed by atoms with Crippen LogP contribution in [0.3, 0.4) is 0 Å². The molecule has 88 valence electrons. The summed E-state index contributed by atoms with van der Waals surface area (Å²) >= 11 is 1.63. The zero-order chi connectivity index (χ0) is 11.7. The Labute approximate surface area is 104 Å². The van der Waals surface area contributed by atoms with E-state index in [0.717, 1.165) is 18.9 Å². The molecule has 0 fully saturated rings. The van der Waals surface area contributed by atoms with Gasteiger partial charge in [-0.2, -0.15) is 0 Å². The van der Waals surface area contributed by atoms with Gasteiger partial charge in [0.2, 0.25) is 0 Å². The van der Waals surface area contributed by atoms with Gasteiger partial charge in [0.05, 0.1) is 30.5 Å². The van der Waals surface area contributed by atoms with Crippen molar-refractivity contribution in [1.29, 1.82) is 0 Å². The minimum atomic E-state index is 0.173. The van der Waals surface area contributed by atoms with Crippen molar-refractivity contribution in [3.05, 3.63) is 51.5 Å². The summed E-state index contributed by atoms with van der Waals surface area (Å²) < 4.78 is 5.44. The monoisotopic (exact) mass is 246 g/mol. The molecule has 0 bridgehead atoms. The average Bonchev–Trinajstić information content (AvgIpc) is 2.99. The minimum Gasteiger partial charge on any atom is -0.372 e. The van der Waals surface area contributed by atoms with E-state index in [1.165, 1.54) is 16.7 Å². The molecule has 2 aromatic rings. The Kier molecular flexibility index (Phi) is 2.93. The molecule has 4 heteroatoms. The maximum Gasteiger partial charge on any atom is 0.0795 e. The van der Waals surface area contributed by atoms with E-state index in [0.29, 0.717) is 0 Å². The van der Waals surface area contributed by atoms with Crippen molar-refractivity contribution in [3.63, 3.8) is 0 Å². The molecule has 0 saturated carbocycles. The molecule has 0 amide bonds. The van der Waals surface area contributed by atoms with E-state index in [-0.39, 0.29) is 6.04 Å². The second kappa shape index (κ2) is 4.56. The summed E-state index contributed by atoms with van der Waals surface area (Å²) in [6.07, 6.45) is 0. The van der Waals surface area contributed by atoms with Crippen LogP contribution in [0.4, 0.5) is 0 Å². The van der Waals surface area contributed by atoms with Crippen LogP contribution in [0.1, 0.15) is 28.4 Å². The van der Waals surface area contributed by atoms with E-state index in [4.69, 9.17) is 4.74 Å². The average molecular weight is 246 g/mol. The van der Waals surface area contributed by atoms with Crippen LogP contribution in [0, 0.1) is 0 Å². The Bertz CT molecular complexity index is 510. The zero-order valence-corrected chi connectivity index (χ0v) is 10.5. The molecule has 1 aliphatic heterocycles. The lowest BCUT2D eigenvalue weighted by molar-refractivity contribution is 0.134. The summed E-state index contributed by atoms with van der Waals surface area (Å²) in [6, 6.07) is 6.72. The van der Waals surface area contributed by atoms with Crippen LogP contribution in [-0.4, -0.2) is 12.0 Å². The van der Waals surface area contributed by atoms with Gasteiger partial charge in [-0.1, -0.05) is 18.2 Å². The van der Waals surface area contributed by atoms with Crippen LogP contribution in [0.5, 0.6) is 0 Å². The van der Waals surface area contributed by atoms with Crippen molar-refractivity contribution >= 4 is 11.3 Å². The predicted molar refractivity (Wildman–Crippen MR) is 68.0 cm³/mol. The van der Waals surface area contributed by atoms with Crippen molar-refractivity contribution in [2.24, 2.45) is 0 Å². The molecule has 1 aromatic heterocycles. The van der Waals surface area contributed by atoms with Crippen molar-refractivity contribution < 1.29 is 4.74 Å². The number of hydrogen-bond acceptors (Lipinski definition) is 4. The van der Waals surface area contributed by atoms with Gasteiger partial charge >= 0.3 is 0 Å². The van der Waals surface area contributed by atoms with Gasteiger partial charge < -0.3 is 10.1 Å². The fourth-order valence-corrected chi connectivity index (χ4v) is 2.80. The topological polar surface area (TPSA) is 34.1 Å². The molecule has 0 saturated heterocycles. The SMILES string of the molecule is CNC(c1ccc2c(c1)COC2)c1cscn1. The summed E-state index contributed by atoms with van der Waals surface area (Å²) in [5.41, 5.74) is 6.81. The Morgan fingerprint density at radius 2 is 2.24 bits per heavy atom. The van der Waals surface area contributed by atoms with Gasteiger partial charge in [-0.3, -0.25) is 0 Å². The predicted octanol–water partition coefficient (Wildman–Crippen LogP) is 2.48. The molecule has 1 unspecified atom stereocenters. The second-order valence-electron chi connectivity index (χ2n) is 4.16. The summed E-state index contributed by atoms with van der Waals surface area (Å²) in [5.74, 6) is 0. The van der Waals surface area contributed by atoms with Gasteiger partial charge in [0.15, 0.2) is 0 Å². The molecule has 1 aromatic carbocycles. The molecule has 3 rings (SSSR count). The molecular weight excluding hydrogens is 232 g/mol. The maximum atomic E-state index is 5.44. The Balaban J connectivity index is 1.97. The highest BCUT2D eigenvalue weighted by Gasteiger charge is 2.17. The van der Waals surface area contributed by atoms with Crippen molar-refractivity contribution in [2.45, 2.75) is 19.3 Å². The van der Waals surface area contributed by atoms with Gasteiger partial charge in [-0.25, -0.2) is 4.98 Å². The zero-order valence-electron chi connectivity index (χ0n) is 9.64. The number of fused-ring (bicyclic) bond motifs is 1. The van der Waals surface area contributed by atoms with E-state index in [1.807, 2.05) is 12.6 Å². The third-order valence-corrected chi connectivity index (χ3v) is 3.72. The summed E-state index contributed by atoms with van der Waals surface area (Å²) in [5, 5.41) is 5.40. The molecule has 2 heterocycles. The molecule has 17 heavy (non-hydrogen) atoms. The lowest BCUT2D eigenvalue weighted by Crippen LogP contribution is -2.18. The third-order valence-electron chi connectivity index (χ3n) is 3.11. The van der Waals surface area contributed by atoms with Gasteiger partial charge in [0, 0.05) is 5.38 Å². The second-order valence-corrected chi connectivity index (χ2v) is 4.87. The van der Waals surface area contributed by atoms with Gasteiger partial charge in [0.1, 0.15) is 0 Å². The minimum absolute atomic E-state index is 0.173. The molecule has 1 atom stereocenters. The smallest absolute Gasteiger partial charge is 0.0795 e. The van der Waals surface area contributed by atoms with Crippen LogP contribution < -0.4 is 5.32 Å². The highest BCUT2D eigenvalue weighted by molar-refractivity contribution is 7.07. The lowest BCUT2D eigenvalue weighted by atomic mass is 9.99. The molecule has 0 spiro atoms. The number of ether oxygens (including phenoxy) is 1. The molecule has 0 aliphatic carbocycles. The number of thiazole rings is 1. The van der Waals surface area contributed by atoms with Crippen LogP contribution in [-0.2, 0) is 18.0 Å². The first-order valence-corrected chi connectivity index (χ1v) is 6.57. The van der Waals surface area contributed by atoms with E-state index < -0.39 is 0 Å². The van der Waals surface area contributed by atoms with E-state index in [9.17, 15) is 0 Å². The van der Waals surface area contributed by atoms with Crippen LogP contribution in [0.15, 0.2) is 29.1 Å². The van der Waals surface area contributed by atoms with Gasteiger partial charge in [-0.15, -0.1) is 11.3 Å². The summed E-state index contributed by atoms with van der Waals surface area (Å²) in [6.45, 7) is 1.48. The normalized spacial score (nSPS) is 15.8. The van der Waals surface area contributed by atoms with Crippen molar-refractivity contribution in [1.82, 2.24) is 10.3 Å². The highest BCUT2D eigenvalue weighted by atomic mass is 32.1. The maximum absolute atomic E-state index is 5.44. The molecule has 0 radical (unpaired) electrons. The number of hydrogen-bond donors (Lipinski definition) is 1. The fourth-order valence-electron chi connectivity index (χ4n) is 2.22. The Hall–Kier alpha value is -1.23. The van der Waals surface area contributed by atoms with Crippen molar-refractivity contribution in [2.75, 3.05) is 7.05 Å². The molecule has 1 aliphatic rings. The lowest BCUT2D eigenvalue weighted by Gasteiger charge is -2.15. The number of benzene rings is 1. The number of rotatable bonds is 3. The van der Waals surface area contributed by atoms with Gasteiger partial charge in [0.25, 0.3) is 0 Å². The van der Waals surface area contributed by atoms with Crippen LogP contribution >= 0.6 is 11.3 Å². The molecule has 1 N–H and O–H groups in total. The number of aromatic nitrogens is 1. The van der Waals surface area contributed by atoms with Crippen LogP contribution in [0.25, 0.3) is 0 Å². The summed E-state index contributed by atoms with van der Waals surface area (Å²) in [4.78, 5) is 4.38. The Morgan fingerprint density at radius 3 is 3.00 bits per heavy atom. The number of nitrogens with one attached hydrogen (secondary N) is 1. The first-order valence-electron chi connectivity index (χ1n) is 5.63. The molecular formula is C13H14N2OS. The largest absolute Gasteiger partial charge is 0.372 e. The Morgan fingerprint density at radius 1 is 1.35 bits per heavy atom. The highest BCUT2D eigenvalue weighted by Crippen LogP contribution is 2.27. The number of nitrogens with zero attached hydrogens (tertiary/aromatic N) is 1. The van der Waals surface area contributed by atoms with E-state index in [1.54, 1.807) is 11.3 Å². The first kappa shape index (κ1) is 10.9. The summed E-state index contributed by atoms with van der Waals surface area (Å²) in [7, 11) is 1.97. The van der Waals surface area contributed by atoms with Crippen LogP contribution in [0.2, 0.25) is 0 Å². The first-order chi connectivity index (χ1) is 8.38. The van der Waals surface area contributed by atoms with E-state index >= 15 is 0 Å². The standard InChI is InChI=1S/C13H14N2OS/c1-14-13(12-7-17-8-15-12)9-2-3-10-5-16-6-11(10)4-9/h2-4,7-8,13-14H,5-6H2,1H3. The van der Waals surface area contributed by atoms with Gasteiger partial charge in [-0.05, 0) is 23.7 Å². The van der Waals surface area contributed by atoms with E-state index in [2.05, 4.69) is 33.9 Å².